The minimum atomic E-state index is -1.38. The Balaban J connectivity index is 3.54. The Morgan fingerprint density at radius 1 is 1.50 bits per heavy atom. The molecular formula is C10H24N2OSi. The third kappa shape index (κ3) is 7.23. The highest BCUT2D eigenvalue weighted by molar-refractivity contribution is 6.71. The van der Waals surface area contributed by atoms with Crippen LogP contribution in [-0.4, -0.2) is 41.8 Å². The maximum absolute atomic E-state index is 5.52. The highest BCUT2D eigenvalue weighted by atomic mass is 28.4. The molecule has 14 heavy (non-hydrogen) atoms. The number of nitrogens with zero attached hydrogens (tertiary/aromatic N) is 1. The minimum Gasteiger partial charge on any atom is -0.420 e. The van der Waals surface area contributed by atoms with Crippen molar-refractivity contribution in [3.05, 3.63) is 0 Å². The van der Waals surface area contributed by atoms with Crippen molar-refractivity contribution >= 4 is 15.0 Å². The normalized spacial score (nSPS) is 14.0. The van der Waals surface area contributed by atoms with Crippen LogP contribution in [0.1, 0.15) is 6.92 Å². The monoisotopic (exact) mass is 216 g/mol. The van der Waals surface area contributed by atoms with Crippen molar-refractivity contribution in [1.82, 2.24) is 5.32 Å². The molecular weight excluding hydrogens is 192 g/mol. The summed E-state index contributed by atoms with van der Waals surface area (Å²) in [5.74, 6) is 0.682. The fourth-order valence-corrected chi connectivity index (χ4v) is 3.49. The van der Waals surface area contributed by atoms with Crippen molar-refractivity contribution in [3.8, 4) is 0 Å². The predicted octanol–water partition coefficient (Wildman–Crippen LogP) is 1.76. The van der Waals surface area contributed by atoms with E-state index in [9.17, 15) is 0 Å². The standard InChI is InChI=1S/C10H24N2OSi/c1-10(8-12-7-6-11-2)9-14(4,5)13-3/h10,12H,2,6-9H2,1,3-5H3. The highest BCUT2D eigenvalue weighted by Gasteiger charge is 2.23. The number of hydrogen-bond donors (Lipinski definition) is 1. The van der Waals surface area contributed by atoms with Gasteiger partial charge in [-0.2, -0.15) is 0 Å². The summed E-state index contributed by atoms with van der Waals surface area (Å²) in [5.41, 5.74) is 0. The van der Waals surface area contributed by atoms with Crippen LogP contribution in [0.25, 0.3) is 0 Å². The molecule has 0 amide bonds. The van der Waals surface area contributed by atoms with Crippen LogP contribution in [0.4, 0.5) is 0 Å². The van der Waals surface area contributed by atoms with Crippen molar-refractivity contribution in [2.24, 2.45) is 10.9 Å². The average molecular weight is 216 g/mol. The first-order valence-corrected chi connectivity index (χ1v) is 8.31. The fourth-order valence-electron chi connectivity index (χ4n) is 1.50. The van der Waals surface area contributed by atoms with Gasteiger partial charge in [-0.25, -0.2) is 0 Å². The summed E-state index contributed by atoms with van der Waals surface area (Å²) >= 11 is 0. The second-order valence-corrected chi connectivity index (χ2v) is 8.76. The summed E-state index contributed by atoms with van der Waals surface area (Å²) in [6, 6.07) is 1.21. The molecule has 1 N–H and O–H groups in total. The molecule has 0 aromatic heterocycles. The summed E-state index contributed by atoms with van der Waals surface area (Å²) in [5, 5.41) is 3.37. The molecule has 0 aliphatic rings. The molecule has 0 aliphatic carbocycles. The van der Waals surface area contributed by atoms with E-state index in [4.69, 9.17) is 4.43 Å². The molecule has 4 heteroatoms. The number of hydrogen-bond acceptors (Lipinski definition) is 3. The molecule has 3 nitrogen and oxygen atoms in total. The molecule has 0 bridgehead atoms. The zero-order chi connectivity index (χ0) is 11.0. The first-order chi connectivity index (χ1) is 6.52. The lowest BCUT2D eigenvalue weighted by atomic mass is 10.2. The highest BCUT2D eigenvalue weighted by Crippen LogP contribution is 2.16. The molecule has 84 valence electrons. The molecule has 0 saturated carbocycles. The Labute approximate surface area is 89.1 Å². The Kier molecular flexibility index (Phi) is 7.05. The molecule has 0 rings (SSSR count). The molecule has 1 unspecified atom stereocenters. The average Bonchev–Trinajstić information content (AvgIpc) is 2.12. The van der Waals surface area contributed by atoms with E-state index in [0.717, 1.165) is 19.6 Å². The number of rotatable bonds is 8. The van der Waals surface area contributed by atoms with E-state index < -0.39 is 8.32 Å². The smallest absolute Gasteiger partial charge is 0.186 e. The van der Waals surface area contributed by atoms with E-state index in [0.29, 0.717) is 5.92 Å². The molecule has 0 aromatic carbocycles. The topological polar surface area (TPSA) is 33.6 Å². The van der Waals surface area contributed by atoms with Gasteiger partial charge in [-0.3, -0.25) is 4.99 Å². The SMILES string of the molecule is C=NCCNCC(C)C[Si](C)(C)OC. The van der Waals surface area contributed by atoms with E-state index in [1.54, 1.807) is 0 Å². The van der Waals surface area contributed by atoms with Crippen LogP contribution in [-0.2, 0) is 4.43 Å². The third-order valence-electron chi connectivity index (χ3n) is 2.33. The van der Waals surface area contributed by atoms with Gasteiger partial charge >= 0.3 is 0 Å². The van der Waals surface area contributed by atoms with Crippen LogP contribution in [0.3, 0.4) is 0 Å². The Morgan fingerprint density at radius 3 is 2.64 bits per heavy atom. The molecule has 0 aromatic rings. The summed E-state index contributed by atoms with van der Waals surface area (Å²) in [7, 11) is 0.443. The van der Waals surface area contributed by atoms with Crippen LogP contribution < -0.4 is 5.32 Å². The molecule has 0 fully saturated rings. The first kappa shape index (κ1) is 13.8. The molecule has 0 aliphatic heterocycles. The van der Waals surface area contributed by atoms with Crippen LogP contribution in [0.5, 0.6) is 0 Å². The van der Waals surface area contributed by atoms with Gasteiger partial charge in [0.2, 0.25) is 0 Å². The quantitative estimate of drug-likeness (QED) is 0.381. The van der Waals surface area contributed by atoms with Gasteiger partial charge in [-0.15, -0.1) is 0 Å². The van der Waals surface area contributed by atoms with Crippen LogP contribution >= 0.6 is 0 Å². The predicted molar refractivity (Wildman–Crippen MR) is 65.7 cm³/mol. The van der Waals surface area contributed by atoms with Crippen molar-refractivity contribution in [3.63, 3.8) is 0 Å². The van der Waals surface area contributed by atoms with Gasteiger partial charge in [0.25, 0.3) is 0 Å². The van der Waals surface area contributed by atoms with Gasteiger partial charge in [0.1, 0.15) is 0 Å². The van der Waals surface area contributed by atoms with Crippen LogP contribution in [0, 0.1) is 5.92 Å². The minimum absolute atomic E-state index is 0.682. The van der Waals surface area contributed by atoms with Gasteiger partial charge in [0, 0.05) is 13.7 Å². The summed E-state index contributed by atoms with van der Waals surface area (Å²) in [6.07, 6.45) is 0. The van der Waals surface area contributed by atoms with Crippen molar-refractivity contribution < 1.29 is 4.43 Å². The number of aliphatic imine (C=N–C) groups is 1. The maximum Gasteiger partial charge on any atom is 0.186 e. The second kappa shape index (κ2) is 7.15. The summed E-state index contributed by atoms with van der Waals surface area (Å²) in [6.45, 7) is 13.0. The summed E-state index contributed by atoms with van der Waals surface area (Å²) in [4.78, 5) is 3.79. The van der Waals surface area contributed by atoms with Gasteiger partial charge in [0.15, 0.2) is 8.32 Å². The largest absolute Gasteiger partial charge is 0.420 e. The molecule has 0 heterocycles. The summed E-state index contributed by atoms with van der Waals surface area (Å²) < 4.78 is 5.52. The lowest BCUT2D eigenvalue weighted by Gasteiger charge is -2.24. The van der Waals surface area contributed by atoms with Crippen LogP contribution in [0.2, 0.25) is 19.1 Å². The lowest BCUT2D eigenvalue weighted by molar-refractivity contribution is 0.391. The molecule has 0 saturated heterocycles. The lowest BCUT2D eigenvalue weighted by Crippen LogP contribution is -2.34. The maximum atomic E-state index is 5.52. The van der Waals surface area contributed by atoms with Crippen molar-refractivity contribution in [2.45, 2.75) is 26.1 Å². The van der Waals surface area contributed by atoms with Gasteiger partial charge in [-0.1, -0.05) is 6.92 Å². The zero-order valence-electron chi connectivity index (χ0n) is 9.97. The second-order valence-electron chi connectivity index (χ2n) is 4.42. The van der Waals surface area contributed by atoms with Gasteiger partial charge in [-0.05, 0) is 38.3 Å². The fraction of sp³-hybridized carbons (Fsp3) is 0.900. The molecule has 0 radical (unpaired) electrons. The van der Waals surface area contributed by atoms with Gasteiger partial charge < -0.3 is 9.74 Å². The van der Waals surface area contributed by atoms with E-state index in [1.165, 1.54) is 6.04 Å². The molecule has 0 spiro atoms. The van der Waals surface area contributed by atoms with E-state index in [-0.39, 0.29) is 0 Å². The van der Waals surface area contributed by atoms with Crippen molar-refractivity contribution in [2.75, 3.05) is 26.7 Å². The van der Waals surface area contributed by atoms with E-state index >= 15 is 0 Å². The van der Waals surface area contributed by atoms with Crippen molar-refractivity contribution in [1.29, 1.82) is 0 Å². The number of nitrogens with one attached hydrogen (secondary N) is 1. The zero-order valence-corrected chi connectivity index (χ0v) is 11.0. The van der Waals surface area contributed by atoms with E-state index in [2.05, 4.69) is 37.0 Å². The Hall–Kier alpha value is -0.193. The van der Waals surface area contributed by atoms with E-state index in [1.807, 2.05) is 7.11 Å². The van der Waals surface area contributed by atoms with Gasteiger partial charge in [0.05, 0.1) is 6.54 Å². The Morgan fingerprint density at radius 2 is 2.14 bits per heavy atom. The Bertz CT molecular complexity index is 162. The molecule has 1 atom stereocenters. The van der Waals surface area contributed by atoms with Crippen LogP contribution in [0.15, 0.2) is 4.99 Å². The first-order valence-electron chi connectivity index (χ1n) is 5.20. The third-order valence-corrected chi connectivity index (χ3v) is 5.12.